The molecule has 2 nitrogen and oxygen atoms in total. The molecule has 1 rings (SSSR count). The van der Waals surface area contributed by atoms with Crippen LogP contribution in [0.4, 0.5) is 5.69 Å². The van der Waals surface area contributed by atoms with E-state index in [4.69, 9.17) is 5.21 Å². The molecule has 2 heteroatoms. The number of anilines is 1. The topological polar surface area (TPSA) is 23.5 Å². The molecule has 1 aromatic carbocycles. The van der Waals surface area contributed by atoms with E-state index in [1.807, 2.05) is 24.3 Å². The number of hydrogen-bond acceptors (Lipinski definition) is 2. The Morgan fingerprint density at radius 1 is 1.40 bits per heavy atom. The molecule has 0 aliphatic rings. The maximum Gasteiger partial charge on any atom is 0.0662 e. The van der Waals surface area contributed by atoms with E-state index in [0.717, 1.165) is 16.3 Å². The zero-order valence-corrected chi connectivity index (χ0v) is 5.91. The molecule has 1 aromatic rings. The van der Waals surface area contributed by atoms with E-state index in [-0.39, 0.29) is 0 Å². The van der Waals surface area contributed by atoms with Crippen molar-refractivity contribution in [2.75, 3.05) is 12.1 Å². The normalized spacial score (nSPS) is 9.50. The summed E-state index contributed by atoms with van der Waals surface area (Å²) in [5, 5.41) is 10.1. The van der Waals surface area contributed by atoms with Crippen LogP contribution in [0.5, 0.6) is 0 Å². The second-order valence-corrected chi connectivity index (χ2v) is 2.15. The van der Waals surface area contributed by atoms with Gasteiger partial charge < -0.3 is 0 Å². The molecule has 0 spiro atoms. The lowest BCUT2D eigenvalue weighted by molar-refractivity contribution is 0.279. The maximum atomic E-state index is 9.00. The Morgan fingerprint density at radius 3 is 2.40 bits per heavy atom. The van der Waals surface area contributed by atoms with Crippen LogP contribution in [0.1, 0.15) is 5.56 Å². The molecule has 0 heterocycles. The van der Waals surface area contributed by atoms with Gasteiger partial charge in [-0.25, -0.2) is 0 Å². The summed E-state index contributed by atoms with van der Waals surface area (Å²) in [5.41, 5.74) is 1.56. The summed E-state index contributed by atoms with van der Waals surface area (Å²) in [6.07, 6.45) is 0. The molecular weight excluding hydrogens is 126 g/mol. The number of hydrogen-bond donors (Lipinski definition) is 1. The van der Waals surface area contributed by atoms with Crippen molar-refractivity contribution in [2.24, 2.45) is 0 Å². The molecule has 0 aromatic heterocycles. The van der Waals surface area contributed by atoms with E-state index in [1.54, 1.807) is 7.05 Å². The second-order valence-electron chi connectivity index (χ2n) is 2.15. The molecule has 0 unspecified atom stereocenters. The van der Waals surface area contributed by atoms with Gasteiger partial charge in [-0.05, 0) is 18.6 Å². The first-order chi connectivity index (χ1) is 4.72. The van der Waals surface area contributed by atoms with Crippen LogP contribution in [0, 0.1) is 6.92 Å². The van der Waals surface area contributed by atoms with Crippen molar-refractivity contribution in [3.05, 3.63) is 36.8 Å². The smallest absolute Gasteiger partial charge is 0.0662 e. The van der Waals surface area contributed by atoms with Crippen molar-refractivity contribution in [3.8, 4) is 0 Å². The SMILES string of the molecule is [CH2]c1ccccc1N(C)O. The highest BCUT2D eigenvalue weighted by Gasteiger charge is 1.97. The Hall–Kier alpha value is -1.02. The first kappa shape index (κ1) is 7.09. The molecule has 0 aliphatic carbocycles. The minimum absolute atomic E-state index is 0.738. The van der Waals surface area contributed by atoms with Crippen LogP contribution < -0.4 is 5.06 Å². The Bertz CT molecular complexity index is 220. The molecule has 0 aliphatic heterocycles. The Kier molecular flexibility index (Phi) is 1.92. The van der Waals surface area contributed by atoms with Crippen molar-refractivity contribution in [1.29, 1.82) is 0 Å². The molecule has 0 amide bonds. The molecule has 0 saturated heterocycles. The van der Waals surface area contributed by atoms with E-state index in [0.29, 0.717) is 0 Å². The lowest BCUT2D eigenvalue weighted by Gasteiger charge is -2.11. The van der Waals surface area contributed by atoms with Gasteiger partial charge in [-0.15, -0.1) is 0 Å². The summed E-state index contributed by atoms with van der Waals surface area (Å²) in [6, 6.07) is 7.40. The van der Waals surface area contributed by atoms with Gasteiger partial charge in [0.1, 0.15) is 0 Å². The Labute approximate surface area is 60.7 Å². The van der Waals surface area contributed by atoms with Gasteiger partial charge in [-0.1, -0.05) is 18.2 Å². The second kappa shape index (κ2) is 2.71. The van der Waals surface area contributed by atoms with Crippen LogP contribution in [0.25, 0.3) is 0 Å². The monoisotopic (exact) mass is 136 g/mol. The van der Waals surface area contributed by atoms with Gasteiger partial charge in [0.15, 0.2) is 0 Å². The molecule has 1 N–H and O–H groups in total. The third-order valence-electron chi connectivity index (χ3n) is 1.34. The van der Waals surface area contributed by atoms with Gasteiger partial charge >= 0.3 is 0 Å². The number of benzene rings is 1. The summed E-state index contributed by atoms with van der Waals surface area (Å²) >= 11 is 0. The van der Waals surface area contributed by atoms with E-state index in [2.05, 4.69) is 6.92 Å². The molecule has 53 valence electrons. The Morgan fingerprint density at radius 2 is 2.00 bits per heavy atom. The van der Waals surface area contributed by atoms with Crippen molar-refractivity contribution in [2.45, 2.75) is 0 Å². The predicted molar refractivity (Wildman–Crippen MR) is 41.1 cm³/mol. The fourth-order valence-corrected chi connectivity index (χ4v) is 0.827. The molecule has 0 bridgehead atoms. The lowest BCUT2D eigenvalue weighted by Crippen LogP contribution is -2.10. The number of nitrogens with zero attached hydrogens (tertiary/aromatic N) is 1. The van der Waals surface area contributed by atoms with E-state index >= 15 is 0 Å². The summed E-state index contributed by atoms with van der Waals surface area (Å²) < 4.78 is 0. The number of para-hydroxylation sites is 1. The van der Waals surface area contributed by atoms with Gasteiger partial charge in [0.05, 0.1) is 5.69 Å². The quantitative estimate of drug-likeness (QED) is 0.594. The third-order valence-corrected chi connectivity index (χ3v) is 1.34. The van der Waals surface area contributed by atoms with Gasteiger partial charge in [0.2, 0.25) is 0 Å². The molecule has 1 radical (unpaired) electrons. The average molecular weight is 136 g/mol. The summed E-state index contributed by atoms with van der Waals surface area (Å²) in [4.78, 5) is 0. The molecule has 0 fully saturated rings. The molecule has 0 saturated carbocycles. The van der Waals surface area contributed by atoms with Crippen molar-refractivity contribution in [1.82, 2.24) is 0 Å². The molecular formula is C8H10NO. The van der Waals surface area contributed by atoms with Crippen LogP contribution in [0.3, 0.4) is 0 Å². The van der Waals surface area contributed by atoms with E-state index in [9.17, 15) is 0 Å². The van der Waals surface area contributed by atoms with Crippen molar-refractivity contribution < 1.29 is 5.21 Å². The summed E-state index contributed by atoms with van der Waals surface area (Å²) in [6.45, 7) is 3.74. The fourth-order valence-electron chi connectivity index (χ4n) is 0.827. The highest BCUT2D eigenvalue weighted by Crippen LogP contribution is 2.15. The van der Waals surface area contributed by atoms with Gasteiger partial charge in [0.25, 0.3) is 0 Å². The van der Waals surface area contributed by atoms with Crippen LogP contribution in [0.15, 0.2) is 24.3 Å². The van der Waals surface area contributed by atoms with Crippen LogP contribution in [0.2, 0.25) is 0 Å². The van der Waals surface area contributed by atoms with Gasteiger partial charge in [-0.3, -0.25) is 10.3 Å². The van der Waals surface area contributed by atoms with Gasteiger partial charge in [0, 0.05) is 7.05 Å². The van der Waals surface area contributed by atoms with Crippen molar-refractivity contribution in [3.63, 3.8) is 0 Å². The lowest BCUT2D eigenvalue weighted by atomic mass is 10.2. The number of rotatable bonds is 1. The minimum atomic E-state index is 0.738. The zero-order valence-electron chi connectivity index (χ0n) is 5.91. The van der Waals surface area contributed by atoms with Gasteiger partial charge in [-0.2, -0.15) is 0 Å². The Balaban J connectivity index is 3.03. The number of hydroxylamine groups is 1. The molecule has 10 heavy (non-hydrogen) atoms. The first-order valence-corrected chi connectivity index (χ1v) is 3.05. The highest BCUT2D eigenvalue weighted by atomic mass is 16.5. The first-order valence-electron chi connectivity index (χ1n) is 3.05. The molecule has 0 atom stereocenters. The fraction of sp³-hybridized carbons (Fsp3) is 0.125. The highest BCUT2D eigenvalue weighted by molar-refractivity contribution is 5.52. The summed E-state index contributed by atoms with van der Waals surface area (Å²) in [7, 11) is 1.57. The minimum Gasteiger partial charge on any atom is -0.289 e. The van der Waals surface area contributed by atoms with E-state index < -0.39 is 0 Å². The van der Waals surface area contributed by atoms with E-state index in [1.165, 1.54) is 0 Å². The summed E-state index contributed by atoms with van der Waals surface area (Å²) in [5.74, 6) is 0. The third kappa shape index (κ3) is 1.28. The van der Waals surface area contributed by atoms with Crippen LogP contribution in [-0.4, -0.2) is 12.3 Å². The van der Waals surface area contributed by atoms with Crippen molar-refractivity contribution >= 4 is 5.69 Å². The van der Waals surface area contributed by atoms with Crippen LogP contribution in [-0.2, 0) is 0 Å². The maximum absolute atomic E-state index is 9.00. The predicted octanol–water partition coefficient (Wildman–Crippen LogP) is 1.69. The van der Waals surface area contributed by atoms with Crippen LogP contribution >= 0.6 is 0 Å². The standard InChI is InChI=1S/C8H10NO/c1-7-5-3-4-6-8(7)9(2)10/h3-6,10H,1H2,2H3. The average Bonchev–Trinajstić information content (AvgIpc) is 1.88. The zero-order chi connectivity index (χ0) is 7.56. The largest absolute Gasteiger partial charge is 0.289 e.